The molecule has 8 nitrogen and oxygen atoms in total. The number of hydrogen-bond acceptors (Lipinski definition) is 6. The van der Waals surface area contributed by atoms with Crippen molar-refractivity contribution in [1.82, 2.24) is 9.21 Å². The Bertz CT molecular complexity index is 851. The van der Waals surface area contributed by atoms with Gasteiger partial charge in [-0.2, -0.15) is 4.31 Å². The molecule has 0 atom stereocenters. The van der Waals surface area contributed by atoms with Crippen molar-refractivity contribution in [2.75, 3.05) is 53.6 Å². The van der Waals surface area contributed by atoms with Crippen LogP contribution < -0.4 is 9.47 Å². The van der Waals surface area contributed by atoms with E-state index in [0.717, 1.165) is 18.4 Å². The number of carbonyl (C=O) groups is 1. The first-order valence-electron chi connectivity index (χ1n) is 9.18. The largest absolute Gasteiger partial charge is 0.493 e. The summed E-state index contributed by atoms with van der Waals surface area (Å²) in [4.78, 5) is 14.8. The van der Waals surface area contributed by atoms with E-state index < -0.39 is 10.0 Å². The molecule has 2 aliphatic rings. The minimum atomic E-state index is -3.78. The Morgan fingerprint density at radius 3 is 2.29 bits per heavy atom. The highest BCUT2D eigenvalue weighted by molar-refractivity contribution is 7.89. The standard InChI is InChI=1S/C19H26N2O6S/c1-14-4-6-20(7-5-14)19(22)16-12-15(13-17(25-2)18(16)26-3)28(23,24)21-8-10-27-11-9-21/h12-13H,1,4-11H2,2-3H3. The zero-order valence-electron chi connectivity index (χ0n) is 16.3. The second-order valence-corrected chi connectivity index (χ2v) is 8.70. The zero-order valence-corrected chi connectivity index (χ0v) is 17.1. The fourth-order valence-electron chi connectivity index (χ4n) is 3.38. The molecule has 2 saturated heterocycles. The molecule has 2 fully saturated rings. The molecule has 0 spiro atoms. The van der Waals surface area contributed by atoms with E-state index in [1.807, 2.05) is 0 Å². The molecule has 0 radical (unpaired) electrons. The van der Waals surface area contributed by atoms with Crippen LogP contribution in [0.25, 0.3) is 0 Å². The lowest BCUT2D eigenvalue weighted by Crippen LogP contribution is -2.41. The molecule has 28 heavy (non-hydrogen) atoms. The summed E-state index contributed by atoms with van der Waals surface area (Å²) in [5.41, 5.74) is 1.29. The predicted octanol–water partition coefficient (Wildman–Crippen LogP) is 1.52. The maximum absolute atomic E-state index is 13.1. The number of methoxy groups -OCH3 is 2. The summed E-state index contributed by atoms with van der Waals surface area (Å²) < 4.78 is 43.5. The van der Waals surface area contributed by atoms with E-state index in [4.69, 9.17) is 14.2 Å². The average molecular weight is 410 g/mol. The maximum Gasteiger partial charge on any atom is 0.257 e. The first-order chi connectivity index (χ1) is 13.4. The summed E-state index contributed by atoms with van der Waals surface area (Å²) >= 11 is 0. The summed E-state index contributed by atoms with van der Waals surface area (Å²) in [5.74, 6) is 0.168. The molecule has 2 heterocycles. The van der Waals surface area contributed by atoms with Crippen molar-refractivity contribution in [2.45, 2.75) is 17.7 Å². The van der Waals surface area contributed by atoms with Gasteiger partial charge in [-0.25, -0.2) is 8.42 Å². The number of amides is 1. The van der Waals surface area contributed by atoms with Crippen LogP contribution in [0.1, 0.15) is 23.2 Å². The minimum absolute atomic E-state index is 0.0109. The van der Waals surface area contributed by atoms with Crippen LogP contribution in [0.3, 0.4) is 0 Å². The number of likely N-dealkylation sites (tertiary alicyclic amines) is 1. The normalized spacial score (nSPS) is 18.8. The Kier molecular flexibility index (Phi) is 6.26. The Morgan fingerprint density at radius 2 is 1.71 bits per heavy atom. The van der Waals surface area contributed by atoms with Crippen molar-refractivity contribution in [3.63, 3.8) is 0 Å². The quantitative estimate of drug-likeness (QED) is 0.684. The highest BCUT2D eigenvalue weighted by atomic mass is 32.2. The topological polar surface area (TPSA) is 85.4 Å². The third-order valence-electron chi connectivity index (χ3n) is 5.05. The summed E-state index contributed by atoms with van der Waals surface area (Å²) in [6.45, 7) is 6.28. The monoisotopic (exact) mass is 410 g/mol. The van der Waals surface area contributed by atoms with Crippen molar-refractivity contribution in [1.29, 1.82) is 0 Å². The van der Waals surface area contributed by atoms with Crippen molar-refractivity contribution in [3.8, 4) is 11.5 Å². The van der Waals surface area contributed by atoms with E-state index in [-0.39, 0.29) is 41.0 Å². The van der Waals surface area contributed by atoms with Gasteiger partial charge in [0.15, 0.2) is 11.5 Å². The number of carbonyl (C=O) groups excluding carboxylic acids is 1. The summed E-state index contributed by atoms with van der Waals surface area (Å²) in [5, 5.41) is 0. The van der Waals surface area contributed by atoms with Crippen molar-refractivity contribution in [3.05, 3.63) is 29.8 Å². The number of hydrogen-bond donors (Lipinski definition) is 0. The molecule has 2 aliphatic heterocycles. The van der Waals surface area contributed by atoms with Crippen LogP contribution in [-0.2, 0) is 14.8 Å². The van der Waals surface area contributed by atoms with Crippen LogP contribution in [0.15, 0.2) is 29.2 Å². The molecule has 9 heteroatoms. The highest BCUT2D eigenvalue weighted by Crippen LogP contribution is 2.36. The number of piperidine rings is 1. The predicted molar refractivity (Wildman–Crippen MR) is 103 cm³/mol. The summed E-state index contributed by atoms with van der Waals surface area (Å²) in [6, 6.07) is 2.79. The number of nitrogens with zero attached hydrogens (tertiary/aromatic N) is 2. The van der Waals surface area contributed by atoms with E-state index in [1.165, 1.54) is 30.7 Å². The van der Waals surface area contributed by atoms with Gasteiger partial charge in [0.05, 0.1) is 37.9 Å². The summed E-state index contributed by atoms with van der Waals surface area (Å²) in [7, 11) is -0.930. The second-order valence-electron chi connectivity index (χ2n) is 6.77. The molecule has 0 bridgehead atoms. The molecule has 0 aliphatic carbocycles. The van der Waals surface area contributed by atoms with Gasteiger partial charge in [0.1, 0.15) is 0 Å². The van der Waals surface area contributed by atoms with E-state index in [2.05, 4.69) is 6.58 Å². The average Bonchev–Trinajstić information content (AvgIpc) is 2.73. The molecule has 0 N–H and O–H groups in total. The van der Waals surface area contributed by atoms with Crippen LogP contribution in [0.5, 0.6) is 11.5 Å². The van der Waals surface area contributed by atoms with Gasteiger partial charge in [-0.1, -0.05) is 12.2 Å². The Labute approximate surface area is 165 Å². The van der Waals surface area contributed by atoms with Gasteiger partial charge in [0, 0.05) is 32.2 Å². The third-order valence-corrected chi connectivity index (χ3v) is 6.92. The molecule has 1 amide bonds. The lowest BCUT2D eigenvalue weighted by Gasteiger charge is -2.29. The van der Waals surface area contributed by atoms with E-state index in [1.54, 1.807) is 4.90 Å². The first kappa shape index (κ1) is 20.6. The number of morpholine rings is 1. The molecule has 0 saturated carbocycles. The smallest absolute Gasteiger partial charge is 0.257 e. The molecular formula is C19H26N2O6S. The summed E-state index contributed by atoms with van der Waals surface area (Å²) in [6.07, 6.45) is 1.47. The zero-order chi connectivity index (χ0) is 20.3. The minimum Gasteiger partial charge on any atom is -0.493 e. The van der Waals surface area contributed by atoms with Gasteiger partial charge in [-0.05, 0) is 18.9 Å². The van der Waals surface area contributed by atoms with Crippen LogP contribution >= 0.6 is 0 Å². The molecule has 1 aromatic carbocycles. The van der Waals surface area contributed by atoms with Crippen LogP contribution in [0.4, 0.5) is 0 Å². The molecule has 3 rings (SSSR count). The van der Waals surface area contributed by atoms with Crippen molar-refractivity contribution >= 4 is 15.9 Å². The maximum atomic E-state index is 13.1. The fourth-order valence-corrected chi connectivity index (χ4v) is 4.83. The van der Waals surface area contributed by atoms with Gasteiger partial charge in [-0.3, -0.25) is 4.79 Å². The molecule has 0 aromatic heterocycles. The van der Waals surface area contributed by atoms with Crippen LogP contribution in [-0.4, -0.2) is 77.1 Å². The van der Waals surface area contributed by atoms with Gasteiger partial charge < -0.3 is 19.1 Å². The number of sulfonamides is 1. The van der Waals surface area contributed by atoms with Crippen LogP contribution in [0, 0.1) is 0 Å². The van der Waals surface area contributed by atoms with E-state index >= 15 is 0 Å². The lowest BCUT2D eigenvalue weighted by atomic mass is 10.0. The first-order valence-corrected chi connectivity index (χ1v) is 10.6. The fraction of sp³-hybridized carbons (Fsp3) is 0.526. The Balaban J connectivity index is 2.02. The molecule has 154 valence electrons. The second kappa shape index (κ2) is 8.50. The lowest BCUT2D eigenvalue weighted by molar-refractivity contribution is 0.0728. The highest BCUT2D eigenvalue weighted by Gasteiger charge is 2.31. The number of benzene rings is 1. The Hall–Kier alpha value is -2.10. The van der Waals surface area contributed by atoms with Gasteiger partial charge in [-0.15, -0.1) is 0 Å². The SMILES string of the molecule is C=C1CCN(C(=O)c2cc(S(=O)(=O)N3CCOCC3)cc(OC)c2OC)CC1. The van der Waals surface area contributed by atoms with Gasteiger partial charge in [0.2, 0.25) is 10.0 Å². The molecular weight excluding hydrogens is 384 g/mol. The Morgan fingerprint density at radius 1 is 1.07 bits per heavy atom. The van der Waals surface area contributed by atoms with Crippen molar-refractivity contribution < 1.29 is 27.4 Å². The van der Waals surface area contributed by atoms with Gasteiger partial charge in [0.25, 0.3) is 5.91 Å². The molecule has 1 aromatic rings. The number of rotatable bonds is 5. The third kappa shape index (κ3) is 4.01. The van der Waals surface area contributed by atoms with Gasteiger partial charge >= 0.3 is 0 Å². The van der Waals surface area contributed by atoms with Crippen LogP contribution in [0.2, 0.25) is 0 Å². The van der Waals surface area contributed by atoms with E-state index in [9.17, 15) is 13.2 Å². The van der Waals surface area contributed by atoms with E-state index in [0.29, 0.717) is 26.3 Å². The molecule has 0 unspecified atom stereocenters. The number of ether oxygens (including phenoxy) is 3. The van der Waals surface area contributed by atoms with Crippen molar-refractivity contribution in [2.24, 2.45) is 0 Å².